The van der Waals surface area contributed by atoms with E-state index < -0.39 is 10.0 Å². The van der Waals surface area contributed by atoms with E-state index in [0.717, 1.165) is 5.39 Å². The van der Waals surface area contributed by atoms with Crippen LogP contribution in [0.15, 0.2) is 52.6 Å². The molecule has 8 heteroatoms. The molecule has 0 atom stereocenters. The molecule has 0 amide bonds. The molecule has 0 saturated heterocycles. The van der Waals surface area contributed by atoms with Crippen LogP contribution in [0.5, 0.6) is 5.88 Å². The zero-order valence-corrected chi connectivity index (χ0v) is 12.1. The molecule has 0 spiro atoms. The standard InChI is InChI=1S/C14H12N4O3S/c15-22(20,21)10-3-1-9(2-4-10)17-7-12-11-5-6-16-8-13(11)18-14(12)19/h1-8,18-19H,(H2,15,20,21). The van der Waals surface area contributed by atoms with Crippen LogP contribution < -0.4 is 5.14 Å². The number of rotatable bonds is 3. The van der Waals surface area contributed by atoms with Gasteiger partial charge in [0.25, 0.3) is 0 Å². The average Bonchev–Trinajstić information content (AvgIpc) is 2.80. The number of primary sulfonamides is 1. The number of aromatic nitrogens is 2. The summed E-state index contributed by atoms with van der Waals surface area (Å²) >= 11 is 0. The van der Waals surface area contributed by atoms with E-state index in [-0.39, 0.29) is 10.8 Å². The molecule has 4 N–H and O–H groups in total. The van der Waals surface area contributed by atoms with Crippen LogP contribution in [0.1, 0.15) is 5.56 Å². The highest BCUT2D eigenvalue weighted by molar-refractivity contribution is 7.89. The Morgan fingerprint density at radius 2 is 1.95 bits per heavy atom. The van der Waals surface area contributed by atoms with E-state index in [9.17, 15) is 13.5 Å². The number of aromatic hydroxyl groups is 1. The summed E-state index contributed by atoms with van der Waals surface area (Å²) in [5.41, 5.74) is 1.77. The van der Waals surface area contributed by atoms with Gasteiger partial charge in [0, 0.05) is 17.8 Å². The van der Waals surface area contributed by atoms with Crippen molar-refractivity contribution in [3.8, 4) is 5.88 Å². The highest BCUT2D eigenvalue weighted by atomic mass is 32.2. The molecule has 0 aliphatic heterocycles. The van der Waals surface area contributed by atoms with E-state index >= 15 is 0 Å². The minimum Gasteiger partial charge on any atom is -0.494 e. The summed E-state index contributed by atoms with van der Waals surface area (Å²) in [7, 11) is -3.72. The van der Waals surface area contributed by atoms with Crippen LogP contribution in [0, 0.1) is 0 Å². The molecule has 0 radical (unpaired) electrons. The SMILES string of the molecule is NS(=O)(=O)c1ccc(N=Cc2c(O)[nH]c3cnccc23)cc1. The summed E-state index contributed by atoms with van der Waals surface area (Å²) in [4.78, 5) is 11.0. The lowest BCUT2D eigenvalue weighted by Crippen LogP contribution is -2.11. The van der Waals surface area contributed by atoms with Crippen LogP contribution in [0.3, 0.4) is 0 Å². The van der Waals surface area contributed by atoms with Gasteiger partial charge in [0.1, 0.15) is 0 Å². The molecule has 0 bridgehead atoms. The zero-order chi connectivity index (χ0) is 15.7. The number of aliphatic imine (C=N–C) groups is 1. The molecule has 7 nitrogen and oxygen atoms in total. The van der Waals surface area contributed by atoms with Gasteiger partial charge >= 0.3 is 0 Å². The smallest absolute Gasteiger partial charge is 0.238 e. The predicted molar refractivity (Wildman–Crippen MR) is 82.8 cm³/mol. The normalized spacial score (nSPS) is 12.2. The minimum absolute atomic E-state index is 0.00657. The number of nitrogens with one attached hydrogen (secondary N) is 1. The Labute approximate surface area is 126 Å². The first-order valence-corrected chi connectivity index (χ1v) is 7.81. The minimum atomic E-state index is -3.72. The summed E-state index contributed by atoms with van der Waals surface area (Å²) < 4.78 is 22.4. The summed E-state index contributed by atoms with van der Waals surface area (Å²) in [6, 6.07) is 7.58. The maximum atomic E-state index is 11.2. The van der Waals surface area contributed by atoms with Gasteiger partial charge in [0.15, 0.2) is 5.88 Å². The number of fused-ring (bicyclic) bond motifs is 1. The second kappa shape index (κ2) is 5.24. The first kappa shape index (κ1) is 14.2. The van der Waals surface area contributed by atoms with E-state index in [0.29, 0.717) is 16.8 Å². The van der Waals surface area contributed by atoms with Crippen molar-refractivity contribution in [2.45, 2.75) is 4.90 Å². The van der Waals surface area contributed by atoms with Crippen molar-refractivity contribution >= 4 is 32.8 Å². The number of aromatic amines is 1. The molecule has 22 heavy (non-hydrogen) atoms. The Balaban J connectivity index is 1.95. The van der Waals surface area contributed by atoms with Crippen molar-refractivity contribution in [2.75, 3.05) is 0 Å². The lowest BCUT2D eigenvalue weighted by atomic mass is 10.2. The maximum absolute atomic E-state index is 11.2. The molecule has 0 fully saturated rings. The molecule has 0 saturated carbocycles. The van der Waals surface area contributed by atoms with Crippen LogP contribution in [0.4, 0.5) is 5.69 Å². The van der Waals surface area contributed by atoms with Gasteiger partial charge in [-0.2, -0.15) is 0 Å². The third-order valence-electron chi connectivity index (χ3n) is 3.13. The van der Waals surface area contributed by atoms with Gasteiger partial charge in [-0.25, -0.2) is 13.6 Å². The Hall–Kier alpha value is -2.71. The number of nitrogens with zero attached hydrogens (tertiary/aromatic N) is 2. The summed E-state index contributed by atoms with van der Waals surface area (Å²) in [5, 5.41) is 15.7. The van der Waals surface area contributed by atoms with Gasteiger partial charge in [0.05, 0.1) is 27.9 Å². The van der Waals surface area contributed by atoms with Crippen LogP contribution in [-0.4, -0.2) is 29.7 Å². The quantitative estimate of drug-likeness (QED) is 0.636. The number of hydrogen-bond donors (Lipinski definition) is 3. The molecule has 2 heterocycles. The van der Waals surface area contributed by atoms with E-state index in [4.69, 9.17) is 5.14 Å². The molecule has 3 rings (SSSR count). The van der Waals surface area contributed by atoms with Crippen LogP contribution in [-0.2, 0) is 10.0 Å². The number of nitrogens with two attached hydrogens (primary N) is 1. The van der Waals surface area contributed by atoms with Crippen molar-refractivity contribution in [3.63, 3.8) is 0 Å². The first-order valence-electron chi connectivity index (χ1n) is 6.27. The van der Waals surface area contributed by atoms with Gasteiger partial charge in [-0.3, -0.25) is 9.98 Å². The van der Waals surface area contributed by atoms with Gasteiger partial charge in [-0.1, -0.05) is 0 Å². The second-order valence-electron chi connectivity index (χ2n) is 4.61. The lowest BCUT2D eigenvalue weighted by Gasteiger charge is -1.98. The lowest BCUT2D eigenvalue weighted by molar-refractivity contribution is 0.457. The van der Waals surface area contributed by atoms with E-state index in [1.54, 1.807) is 18.5 Å². The second-order valence-corrected chi connectivity index (χ2v) is 6.17. The fraction of sp³-hybridized carbons (Fsp3) is 0. The summed E-state index contributed by atoms with van der Waals surface area (Å²) in [6.45, 7) is 0. The van der Waals surface area contributed by atoms with Crippen molar-refractivity contribution in [1.29, 1.82) is 0 Å². The van der Waals surface area contributed by atoms with Gasteiger partial charge in [-0.15, -0.1) is 0 Å². The van der Waals surface area contributed by atoms with Crippen LogP contribution >= 0.6 is 0 Å². The number of H-pyrrole nitrogens is 1. The molecule has 3 aromatic rings. The van der Waals surface area contributed by atoms with E-state index in [1.807, 2.05) is 0 Å². The topological polar surface area (TPSA) is 121 Å². The molecule has 0 aliphatic carbocycles. The fourth-order valence-corrected chi connectivity index (χ4v) is 2.56. The Morgan fingerprint density at radius 3 is 2.64 bits per heavy atom. The first-order chi connectivity index (χ1) is 10.4. The Kier molecular flexibility index (Phi) is 3.39. The third kappa shape index (κ3) is 2.69. The van der Waals surface area contributed by atoms with Gasteiger partial charge in [-0.05, 0) is 30.3 Å². The summed E-state index contributed by atoms with van der Waals surface area (Å²) in [6.07, 6.45) is 4.72. The Morgan fingerprint density at radius 1 is 1.23 bits per heavy atom. The van der Waals surface area contributed by atoms with Gasteiger partial charge < -0.3 is 10.1 Å². The van der Waals surface area contributed by atoms with Crippen LogP contribution in [0.2, 0.25) is 0 Å². The zero-order valence-electron chi connectivity index (χ0n) is 11.3. The number of pyridine rings is 1. The number of hydrogen-bond acceptors (Lipinski definition) is 5. The monoisotopic (exact) mass is 316 g/mol. The molecular formula is C14H12N4O3S. The van der Waals surface area contributed by atoms with Crippen LogP contribution in [0.25, 0.3) is 10.9 Å². The van der Waals surface area contributed by atoms with E-state index in [2.05, 4.69) is 15.0 Å². The molecule has 112 valence electrons. The molecule has 1 aromatic carbocycles. The molecule has 0 unspecified atom stereocenters. The molecule has 2 aromatic heterocycles. The molecule has 0 aliphatic rings. The summed E-state index contributed by atoms with van der Waals surface area (Å²) in [5.74, 6) is -0.00657. The van der Waals surface area contributed by atoms with Crippen molar-refractivity contribution < 1.29 is 13.5 Å². The average molecular weight is 316 g/mol. The molecular weight excluding hydrogens is 304 g/mol. The predicted octanol–water partition coefficient (Wildman–Crippen LogP) is 1.67. The van der Waals surface area contributed by atoms with Crippen molar-refractivity contribution in [1.82, 2.24) is 9.97 Å². The third-order valence-corrected chi connectivity index (χ3v) is 4.06. The van der Waals surface area contributed by atoms with E-state index in [1.165, 1.54) is 30.5 Å². The fourth-order valence-electron chi connectivity index (χ4n) is 2.04. The largest absolute Gasteiger partial charge is 0.494 e. The number of benzene rings is 1. The number of sulfonamides is 1. The maximum Gasteiger partial charge on any atom is 0.238 e. The van der Waals surface area contributed by atoms with Crippen molar-refractivity contribution in [3.05, 3.63) is 48.3 Å². The van der Waals surface area contributed by atoms with Crippen molar-refractivity contribution in [2.24, 2.45) is 10.1 Å². The Bertz CT molecular complexity index is 959. The highest BCUT2D eigenvalue weighted by Gasteiger charge is 2.09. The van der Waals surface area contributed by atoms with Gasteiger partial charge in [0.2, 0.25) is 10.0 Å². The highest BCUT2D eigenvalue weighted by Crippen LogP contribution is 2.25.